The summed E-state index contributed by atoms with van der Waals surface area (Å²) in [6, 6.07) is 72.6. The quantitative estimate of drug-likeness (QED) is 0.175. The molecule has 1 aliphatic heterocycles. The first-order valence-electron chi connectivity index (χ1n) is 19.8. The SMILES string of the molecule is CC1(C)c2ccccc2-c2ccc(N(c3cccc(-c4ccccc4)c3)c3ccc4c(c3)-c3cc5ccccc5cc3-c3c(cccc3-c3ccccc3)O4)cc21. The van der Waals surface area contributed by atoms with Crippen LogP contribution in [0, 0.1) is 0 Å². The van der Waals surface area contributed by atoms with Gasteiger partial charge in [0.25, 0.3) is 0 Å². The van der Waals surface area contributed by atoms with Crippen LogP contribution in [0.5, 0.6) is 11.5 Å². The van der Waals surface area contributed by atoms with Crippen LogP contribution in [0.3, 0.4) is 0 Å². The summed E-state index contributed by atoms with van der Waals surface area (Å²) >= 11 is 0. The van der Waals surface area contributed by atoms with Crippen LogP contribution in [0.15, 0.2) is 200 Å². The maximum Gasteiger partial charge on any atom is 0.135 e. The molecule has 1 aliphatic carbocycles. The maximum atomic E-state index is 7.00. The van der Waals surface area contributed by atoms with Crippen molar-refractivity contribution in [3.05, 3.63) is 211 Å². The summed E-state index contributed by atoms with van der Waals surface area (Å²) in [5, 5.41) is 2.40. The summed E-state index contributed by atoms with van der Waals surface area (Å²) in [5.74, 6) is 1.69. The van der Waals surface area contributed by atoms with Crippen molar-refractivity contribution >= 4 is 27.8 Å². The highest BCUT2D eigenvalue weighted by atomic mass is 16.5. The highest BCUT2D eigenvalue weighted by molar-refractivity contribution is 6.04. The van der Waals surface area contributed by atoms with Crippen molar-refractivity contribution in [2.45, 2.75) is 19.3 Å². The Kier molecular flexibility index (Phi) is 7.55. The van der Waals surface area contributed by atoms with Gasteiger partial charge in [-0.15, -0.1) is 0 Å². The standard InChI is InChI=1S/C55H39NO/c1-55(2)50-25-12-11-23-45(50)46-29-27-43(35-51(46)55)56(41-22-13-21-38(31-41)36-15-5-3-6-16-36)42-28-30-52-48(34-42)47-32-39-19-9-10-20-40(39)33-49(47)54-44(24-14-26-53(54)57-52)37-17-7-4-8-18-37/h3-35H,1-2H3. The van der Waals surface area contributed by atoms with Crippen LogP contribution < -0.4 is 9.64 Å². The zero-order valence-electron chi connectivity index (χ0n) is 31.9. The number of hydrogen-bond acceptors (Lipinski definition) is 2. The lowest BCUT2D eigenvalue weighted by Gasteiger charge is -2.29. The van der Waals surface area contributed by atoms with Crippen LogP contribution in [0.2, 0.25) is 0 Å². The second kappa shape index (κ2) is 13.0. The number of anilines is 3. The number of nitrogens with zero attached hydrogens (tertiary/aromatic N) is 1. The minimum atomic E-state index is -0.136. The molecule has 9 aromatic carbocycles. The summed E-state index contributed by atoms with van der Waals surface area (Å²) in [4.78, 5) is 2.42. The van der Waals surface area contributed by atoms with E-state index >= 15 is 0 Å². The highest BCUT2D eigenvalue weighted by Crippen LogP contribution is 2.54. The summed E-state index contributed by atoms with van der Waals surface area (Å²) in [6.45, 7) is 4.70. The predicted molar refractivity (Wildman–Crippen MR) is 238 cm³/mol. The van der Waals surface area contributed by atoms with E-state index in [1.165, 1.54) is 44.2 Å². The van der Waals surface area contributed by atoms with Crippen molar-refractivity contribution in [1.82, 2.24) is 0 Å². The van der Waals surface area contributed by atoms with Gasteiger partial charge < -0.3 is 9.64 Å². The summed E-state index contributed by atoms with van der Waals surface area (Å²) < 4.78 is 7.00. The van der Waals surface area contributed by atoms with Crippen LogP contribution in [-0.4, -0.2) is 0 Å². The number of ether oxygens (including phenoxy) is 1. The molecule has 0 fully saturated rings. The average Bonchev–Trinajstić information content (AvgIpc) is 3.40. The van der Waals surface area contributed by atoms with Crippen molar-refractivity contribution in [2.75, 3.05) is 4.90 Å². The molecule has 0 saturated heterocycles. The first-order valence-corrected chi connectivity index (χ1v) is 19.8. The molecule has 0 saturated carbocycles. The van der Waals surface area contributed by atoms with E-state index in [1.807, 2.05) is 0 Å². The molecule has 0 aromatic heterocycles. The van der Waals surface area contributed by atoms with E-state index in [4.69, 9.17) is 4.74 Å². The Morgan fingerprint density at radius 3 is 1.75 bits per heavy atom. The average molecular weight is 730 g/mol. The molecule has 11 rings (SSSR count). The second-order valence-electron chi connectivity index (χ2n) is 15.7. The molecule has 2 nitrogen and oxygen atoms in total. The molecule has 2 heteroatoms. The van der Waals surface area contributed by atoms with E-state index in [2.05, 4.69) is 219 Å². The summed E-state index contributed by atoms with van der Waals surface area (Å²) in [7, 11) is 0. The van der Waals surface area contributed by atoms with Gasteiger partial charge in [-0.25, -0.2) is 0 Å². The highest BCUT2D eigenvalue weighted by Gasteiger charge is 2.36. The van der Waals surface area contributed by atoms with Crippen LogP contribution >= 0.6 is 0 Å². The molecule has 0 spiro atoms. The van der Waals surface area contributed by atoms with Crippen molar-refractivity contribution < 1.29 is 4.74 Å². The molecule has 0 N–H and O–H groups in total. The van der Waals surface area contributed by atoms with E-state index in [0.717, 1.165) is 61.9 Å². The smallest absolute Gasteiger partial charge is 0.135 e. The van der Waals surface area contributed by atoms with Crippen molar-refractivity contribution in [3.63, 3.8) is 0 Å². The molecule has 9 aromatic rings. The topological polar surface area (TPSA) is 12.5 Å². The Bertz CT molecular complexity index is 3020. The van der Waals surface area contributed by atoms with Gasteiger partial charge in [0.15, 0.2) is 0 Å². The maximum absolute atomic E-state index is 7.00. The van der Waals surface area contributed by atoms with Gasteiger partial charge in [0.2, 0.25) is 0 Å². The first-order chi connectivity index (χ1) is 28.0. The fourth-order valence-electron chi connectivity index (χ4n) is 9.23. The lowest BCUT2D eigenvalue weighted by Crippen LogP contribution is -2.16. The van der Waals surface area contributed by atoms with Gasteiger partial charge in [-0.1, -0.05) is 153 Å². The van der Waals surface area contributed by atoms with Gasteiger partial charge in [0.05, 0.1) is 0 Å². The molecule has 2 aliphatic rings. The molecule has 57 heavy (non-hydrogen) atoms. The van der Waals surface area contributed by atoms with Crippen LogP contribution in [0.4, 0.5) is 17.1 Å². The normalized spacial score (nSPS) is 13.0. The third-order valence-electron chi connectivity index (χ3n) is 12.0. The van der Waals surface area contributed by atoms with E-state index in [1.54, 1.807) is 0 Å². The Balaban J connectivity index is 1.14. The fourth-order valence-corrected chi connectivity index (χ4v) is 9.23. The van der Waals surface area contributed by atoms with Crippen LogP contribution in [0.1, 0.15) is 25.0 Å². The number of hydrogen-bond donors (Lipinski definition) is 0. The third kappa shape index (κ3) is 5.40. The predicted octanol–water partition coefficient (Wildman–Crippen LogP) is 15.4. The molecular formula is C55H39NO. The van der Waals surface area contributed by atoms with Crippen molar-refractivity contribution in [2.24, 2.45) is 0 Å². The molecule has 0 radical (unpaired) electrons. The molecule has 270 valence electrons. The molecule has 0 amide bonds. The molecular weight excluding hydrogens is 691 g/mol. The van der Waals surface area contributed by atoms with Gasteiger partial charge >= 0.3 is 0 Å². The first kappa shape index (κ1) is 33.2. The van der Waals surface area contributed by atoms with E-state index in [-0.39, 0.29) is 5.41 Å². The summed E-state index contributed by atoms with van der Waals surface area (Å²) in [6.07, 6.45) is 0. The largest absolute Gasteiger partial charge is 0.456 e. The van der Waals surface area contributed by atoms with E-state index in [9.17, 15) is 0 Å². The van der Waals surface area contributed by atoms with Crippen molar-refractivity contribution in [1.29, 1.82) is 0 Å². The van der Waals surface area contributed by atoms with Crippen LogP contribution in [0.25, 0.3) is 66.4 Å². The number of benzene rings is 9. The van der Waals surface area contributed by atoms with E-state index in [0.29, 0.717) is 0 Å². The lowest BCUT2D eigenvalue weighted by molar-refractivity contribution is 0.488. The van der Waals surface area contributed by atoms with Gasteiger partial charge in [-0.2, -0.15) is 0 Å². The fraction of sp³-hybridized carbons (Fsp3) is 0.0545. The summed E-state index contributed by atoms with van der Waals surface area (Å²) in [5.41, 5.74) is 17.6. The number of fused-ring (bicyclic) bond motifs is 9. The lowest BCUT2D eigenvalue weighted by atomic mass is 9.82. The zero-order valence-corrected chi connectivity index (χ0v) is 31.9. The Labute approximate surface area is 333 Å². The third-order valence-corrected chi connectivity index (χ3v) is 12.0. The minimum Gasteiger partial charge on any atom is -0.456 e. The molecule has 0 unspecified atom stereocenters. The Hall–Kier alpha value is -7.16. The zero-order chi connectivity index (χ0) is 38.1. The molecule has 0 bridgehead atoms. The van der Waals surface area contributed by atoms with Gasteiger partial charge in [-0.3, -0.25) is 0 Å². The van der Waals surface area contributed by atoms with Gasteiger partial charge in [0.1, 0.15) is 11.5 Å². The van der Waals surface area contributed by atoms with Crippen molar-refractivity contribution in [3.8, 4) is 67.1 Å². The Morgan fingerprint density at radius 2 is 0.947 bits per heavy atom. The van der Waals surface area contributed by atoms with Gasteiger partial charge in [0, 0.05) is 33.6 Å². The van der Waals surface area contributed by atoms with Crippen LogP contribution in [-0.2, 0) is 5.41 Å². The van der Waals surface area contributed by atoms with Gasteiger partial charge in [-0.05, 0) is 127 Å². The van der Waals surface area contributed by atoms with E-state index < -0.39 is 0 Å². The second-order valence-corrected chi connectivity index (χ2v) is 15.7. The monoisotopic (exact) mass is 729 g/mol. The minimum absolute atomic E-state index is 0.136. The Morgan fingerprint density at radius 1 is 0.351 bits per heavy atom. The number of rotatable bonds is 5. The molecule has 1 heterocycles. The molecule has 0 atom stereocenters.